The van der Waals surface area contributed by atoms with Gasteiger partial charge in [0.15, 0.2) is 0 Å². The number of hydrogen-bond donors (Lipinski definition) is 1. The molecule has 0 bridgehead atoms. The molecule has 1 aromatic carbocycles. The Kier molecular flexibility index (Phi) is 5.52. The Hall–Kier alpha value is -0.280. The highest BCUT2D eigenvalue weighted by molar-refractivity contribution is 6.42. The van der Waals surface area contributed by atoms with E-state index in [9.17, 15) is 0 Å². The first kappa shape index (κ1) is 15.1. The molecule has 1 aliphatic rings. The van der Waals surface area contributed by atoms with Crippen LogP contribution in [0.1, 0.15) is 37.8 Å². The van der Waals surface area contributed by atoms with E-state index in [0.29, 0.717) is 16.1 Å². The van der Waals surface area contributed by atoms with Crippen molar-refractivity contribution >= 4 is 23.2 Å². The largest absolute Gasteiger partial charge is 0.317 e. The fourth-order valence-corrected chi connectivity index (χ4v) is 3.25. The highest BCUT2D eigenvalue weighted by Crippen LogP contribution is 2.33. The van der Waals surface area contributed by atoms with Gasteiger partial charge in [-0.1, -0.05) is 35.3 Å². The quantitative estimate of drug-likeness (QED) is 0.903. The Morgan fingerprint density at radius 3 is 2.84 bits per heavy atom. The molecule has 0 radical (unpaired) electrons. The van der Waals surface area contributed by atoms with Gasteiger partial charge in [-0.15, -0.1) is 0 Å². The van der Waals surface area contributed by atoms with Crippen molar-refractivity contribution in [2.75, 3.05) is 20.1 Å². The molecule has 1 saturated heterocycles. The Bertz CT molecular complexity index is 415. The summed E-state index contributed by atoms with van der Waals surface area (Å²) in [5, 5.41) is 4.79. The van der Waals surface area contributed by atoms with Crippen LogP contribution in [0.3, 0.4) is 0 Å². The predicted octanol–water partition coefficient (Wildman–Crippen LogP) is 4.13. The first-order valence-corrected chi connectivity index (χ1v) is 7.73. The summed E-state index contributed by atoms with van der Waals surface area (Å²) in [6.45, 7) is 4.44. The van der Waals surface area contributed by atoms with Gasteiger partial charge in [0, 0.05) is 12.1 Å². The second kappa shape index (κ2) is 6.94. The first-order chi connectivity index (χ1) is 9.11. The zero-order chi connectivity index (χ0) is 13.8. The number of nitrogens with zero attached hydrogens (tertiary/aromatic N) is 1. The summed E-state index contributed by atoms with van der Waals surface area (Å²) in [4.78, 5) is 2.44. The minimum atomic E-state index is 0.286. The first-order valence-electron chi connectivity index (χ1n) is 6.98. The number of hydrogen-bond acceptors (Lipinski definition) is 2. The van der Waals surface area contributed by atoms with Crippen LogP contribution in [0.25, 0.3) is 0 Å². The van der Waals surface area contributed by atoms with E-state index < -0.39 is 0 Å². The third kappa shape index (κ3) is 3.63. The monoisotopic (exact) mass is 300 g/mol. The second-order valence-electron chi connectivity index (χ2n) is 5.32. The summed E-state index contributed by atoms with van der Waals surface area (Å²) in [7, 11) is 2.19. The van der Waals surface area contributed by atoms with Gasteiger partial charge in [0.2, 0.25) is 0 Å². The fourth-order valence-electron chi connectivity index (χ4n) is 2.79. The fraction of sp³-hybridized carbons (Fsp3) is 0.600. The van der Waals surface area contributed by atoms with Crippen molar-refractivity contribution < 1.29 is 0 Å². The number of rotatable bonds is 3. The van der Waals surface area contributed by atoms with E-state index in [0.717, 1.165) is 18.7 Å². The molecule has 0 aliphatic carbocycles. The molecule has 106 valence electrons. The van der Waals surface area contributed by atoms with E-state index in [1.165, 1.54) is 19.3 Å². The molecular formula is C15H22Cl2N2. The SMILES string of the molecule is CC(c1cccc(Cl)c1Cl)N(C)C1CCCNCC1. The standard InChI is InChI=1S/C15H22Cl2N2/c1-11(13-6-3-7-14(16)15(13)17)19(2)12-5-4-9-18-10-8-12/h3,6-7,11-12,18H,4-5,8-10H2,1-2H3. The van der Waals surface area contributed by atoms with Crippen molar-refractivity contribution in [1.82, 2.24) is 10.2 Å². The second-order valence-corrected chi connectivity index (χ2v) is 6.10. The van der Waals surface area contributed by atoms with Gasteiger partial charge in [0.05, 0.1) is 10.0 Å². The molecule has 2 unspecified atom stereocenters. The topological polar surface area (TPSA) is 15.3 Å². The molecule has 1 fully saturated rings. The van der Waals surface area contributed by atoms with Crippen molar-refractivity contribution in [3.8, 4) is 0 Å². The lowest BCUT2D eigenvalue weighted by atomic mass is 10.0. The Balaban J connectivity index is 2.13. The van der Waals surface area contributed by atoms with Crippen LogP contribution in [-0.2, 0) is 0 Å². The normalized spacial score (nSPS) is 22.3. The van der Waals surface area contributed by atoms with Gasteiger partial charge in [-0.05, 0) is 58.0 Å². The zero-order valence-corrected chi connectivity index (χ0v) is 13.1. The molecule has 2 rings (SSSR count). The van der Waals surface area contributed by atoms with Gasteiger partial charge >= 0.3 is 0 Å². The summed E-state index contributed by atoms with van der Waals surface area (Å²) in [5.74, 6) is 0. The molecule has 2 atom stereocenters. The van der Waals surface area contributed by atoms with Crippen LogP contribution in [-0.4, -0.2) is 31.1 Å². The lowest BCUT2D eigenvalue weighted by molar-refractivity contribution is 0.171. The molecule has 1 aliphatic heterocycles. The zero-order valence-electron chi connectivity index (χ0n) is 11.6. The Morgan fingerprint density at radius 2 is 2.05 bits per heavy atom. The van der Waals surface area contributed by atoms with Crippen molar-refractivity contribution in [1.29, 1.82) is 0 Å². The van der Waals surface area contributed by atoms with Gasteiger partial charge < -0.3 is 5.32 Å². The maximum absolute atomic E-state index is 6.33. The maximum atomic E-state index is 6.33. The van der Waals surface area contributed by atoms with Crippen LogP contribution in [0.4, 0.5) is 0 Å². The molecule has 4 heteroatoms. The summed E-state index contributed by atoms with van der Waals surface area (Å²) in [6, 6.07) is 6.79. The van der Waals surface area contributed by atoms with Crippen LogP contribution >= 0.6 is 23.2 Å². The van der Waals surface area contributed by atoms with Gasteiger partial charge in [0.1, 0.15) is 0 Å². The Morgan fingerprint density at radius 1 is 1.26 bits per heavy atom. The molecule has 1 aromatic rings. The van der Waals surface area contributed by atoms with Crippen LogP contribution in [0.2, 0.25) is 10.0 Å². The highest BCUT2D eigenvalue weighted by Gasteiger charge is 2.23. The summed E-state index contributed by atoms with van der Waals surface area (Å²) < 4.78 is 0. The van der Waals surface area contributed by atoms with E-state index in [1.54, 1.807) is 0 Å². The predicted molar refractivity (Wildman–Crippen MR) is 83.1 cm³/mol. The molecule has 2 nitrogen and oxygen atoms in total. The molecule has 0 saturated carbocycles. The third-order valence-electron chi connectivity index (χ3n) is 4.16. The number of benzene rings is 1. The van der Waals surface area contributed by atoms with Crippen molar-refractivity contribution in [2.24, 2.45) is 0 Å². The summed E-state index contributed by atoms with van der Waals surface area (Å²) in [5.41, 5.74) is 1.12. The van der Waals surface area contributed by atoms with E-state index in [2.05, 4.69) is 30.3 Å². The maximum Gasteiger partial charge on any atom is 0.0640 e. The third-order valence-corrected chi connectivity index (χ3v) is 5.00. The average Bonchev–Trinajstić information content (AvgIpc) is 2.69. The van der Waals surface area contributed by atoms with Crippen molar-refractivity contribution in [3.05, 3.63) is 33.8 Å². The van der Waals surface area contributed by atoms with Gasteiger partial charge in [-0.3, -0.25) is 4.90 Å². The van der Waals surface area contributed by atoms with Crippen LogP contribution < -0.4 is 5.32 Å². The molecule has 1 N–H and O–H groups in total. The van der Waals surface area contributed by atoms with Gasteiger partial charge in [-0.25, -0.2) is 0 Å². The van der Waals surface area contributed by atoms with E-state index in [4.69, 9.17) is 23.2 Å². The summed E-state index contributed by atoms with van der Waals surface area (Å²) >= 11 is 12.4. The van der Waals surface area contributed by atoms with Crippen molar-refractivity contribution in [3.63, 3.8) is 0 Å². The van der Waals surface area contributed by atoms with E-state index >= 15 is 0 Å². The number of halogens is 2. The Labute approximate surface area is 126 Å². The van der Waals surface area contributed by atoms with Gasteiger partial charge in [0.25, 0.3) is 0 Å². The minimum Gasteiger partial charge on any atom is -0.317 e. The van der Waals surface area contributed by atoms with Gasteiger partial charge in [-0.2, -0.15) is 0 Å². The highest BCUT2D eigenvalue weighted by atomic mass is 35.5. The van der Waals surface area contributed by atoms with E-state index in [-0.39, 0.29) is 6.04 Å². The van der Waals surface area contributed by atoms with E-state index in [1.807, 2.05) is 12.1 Å². The lowest BCUT2D eigenvalue weighted by Gasteiger charge is -2.33. The molecular weight excluding hydrogens is 279 g/mol. The lowest BCUT2D eigenvalue weighted by Crippen LogP contribution is -2.34. The van der Waals surface area contributed by atoms with Crippen LogP contribution in [0.15, 0.2) is 18.2 Å². The number of nitrogens with one attached hydrogen (secondary N) is 1. The van der Waals surface area contributed by atoms with Crippen LogP contribution in [0, 0.1) is 0 Å². The van der Waals surface area contributed by atoms with Crippen LogP contribution in [0.5, 0.6) is 0 Å². The molecule has 0 spiro atoms. The smallest absolute Gasteiger partial charge is 0.0640 e. The molecule has 19 heavy (non-hydrogen) atoms. The summed E-state index contributed by atoms with van der Waals surface area (Å²) in [6.07, 6.45) is 3.68. The van der Waals surface area contributed by atoms with Crippen molar-refractivity contribution in [2.45, 2.75) is 38.3 Å². The molecule has 0 aromatic heterocycles. The molecule has 1 heterocycles. The molecule has 0 amide bonds. The average molecular weight is 301 g/mol. The minimum absolute atomic E-state index is 0.286.